The van der Waals surface area contributed by atoms with E-state index >= 15 is 0 Å². The molecule has 0 heterocycles. The summed E-state index contributed by atoms with van der Waals surface area (Å²) in [6.45, 7) is 9.80. The molecule has 9 heteroatoms. The summed E-state index contributed by atoms with van der Waals surface area (Å²) in [4.78, 5) is 24.9. The van der Waals surface area contributed by atoms with Gasteiger partial charge in [-0.3, -0.25) is 0 Å². The van der Waals surface area contributed by atoms with Crippen molar-refractivity contribution in [2.24, 2.45) is 0 Å². The van der Waals surface area contributed by atoms with Gasteiger partial charge in [-0.2, -0.15) is 0 Å². The number of nitrogens with one attached hydrogen (secondary N) is 1. The van der Waals surface area contributed by atoms with Crippen molar-refractivity contribution in [1.82, 2.24) is 5.32 Å². The quantitative estimate of drug-likeness (QED) is 0.311. The van der Waals surface area contributed by atoms with Gasteiger partial charge in [0.25, 0.3) is 0 Å². The van der Waals surface area contributed by atoms with Crippen LogP contribution >= 0.6 is 0 Å². The van der Waals surface area contributed by atoms with E-state index in [0.29, 0.717) is 17.9 Å². The highest BCUT2D eigenvalue weighted by Gasteiger charge is 2.52. The van der Waals surface area contributed by atoms with Gasteiger partial charge in [-0.25, -0.2) is 9.59 Å². The molecule has 4 atom stereocenters. The van der Waals surface area contributed by atoms with Crippen molar-refractivity contribution >= 4 is 18.0 Å². The number of phenols is 1. The third-order valence-electron chi connectivity index (χ3n) is 5.29. The molecule has 0 bridgehead atoms. The molecule has 0 amide bonds. The number of ether oxygens (including phenoxy) is 3. The van der Waals surface area contributed by atoms with E-state index in [9.17, 15) is 24.9 Å². The normalized spacial score (nSPS) is 25.2. The number of aliphatic hydroxyl groups excluding tert-OH is 1. The maximum Gasteiger partial charge on any atom is 0.338 e. The third-order valence-corrected chi connectivity index (χ3v) is 5.29. The summed E-state index contributed by atoms with van der Waals surface area (Å²) < 4.78 is 15.9. The van der Waals surface area contributed by atoms with E-state index in [2.05, 4.69) is 5.32 Å². The SMILES string of the molecule is CCCOc1ccc(/C=C/C(=O)O[C@@H]2C[C@](O)(C(=O)OCC)C[C@H](NC(C)(C)C)[C@H]2O)cc1O. The molecule has 1 saturated carbocycles. The van der Waals surface area contributed by atoms with E-state index in [1.165, 1.54) is 12.1 Å². The van der Waals surface area contributed by atoms with E-state index in [1.807, 2.05) is 27.7 Å². The van der Waals surface area contributed by atoms with E-state index in [1.54, 1.807) is 19.1 Å². The van der Waals surface area contributed by atoms with Crippen LogP contribution < -0.4 is 10.1 Å². The second kappa shape index (κ2) is 11.7. The Morgan fingerprint density at radius 2 is 1.94 bits per heavy atom. The van der Waals surface area contributed by atoms with Crippen molar-refractivity contribution in [3.05, 3.63) is 29.8 Å². The number of hydrogen-bond acceptors (Lipinski definition) is 9. The lowest BCUT2D eigenvalue weighted by atomic mass is 9.77. The van der Waals surface area contributed by atoms with E-state index in [4.69, 9.17) is 14.2 Å². The van der Waals surface area contributed by atoms with Crippen LogP contribution in [0.3, 0.4) is 0 Å². The van der Waals surface area contributed by atoms with Crippen LogP contribution in [0.25, 0.3) is 6.08 Å². The first-order valence-electron chi connectivity index (χ1n) is 11.6. The molecule has 0 spiro atoms. The number of hydrogen-bond donors (Lipinski definition) is 4. The van der Waals surface area contributed by atoms with E-state index in [-0.39, 0.29) is 25.2 Å². The lowest BCUT2D eigenvalue weighted by molar-refractivity contribution is -0.188. The molecular weight excluding hydrogens is 442 g/mol. The number of phenolic OH excluding ortho intramolecular Hbond substituents is 1. The molecule has 0 saturated heterocycles. The van der Waals surface area contributed by atoms with Crippen molar-refractivity contribution in [2.75, 3.05) is 13.2 Å². The van der Waals surface area contributed by atoms with Crippen molar-refractivity contribution in [3.8, 4) is 11.5 Å². The standard InChI is InChI=1S/C25H37NO8/c1-6-12-33-19-10-8-16(13-18(19)27)9-11-21(28)34-20-15-25(31,23(30)32-7-2)14-17(22(20)29)26-24(3,4)5/h8-11,13,17,20,22,26-27,29,31H,6-7,12,14-15H2,1-5H3/b11-9+/t17-,20+,22+,25-/m0/s1. The predicted molar refractivity (Wildman–Crippen MR) is 126 cm³/mol. The minimum atomic E-state index is -1.91. The number of carbonyl (C=O) groups is 2. The minimum absolute atomic E-state index is 0.0535. The van der Waals surface area contributed by atoms with Gasteiger partial charge in [0.15, 0.2) is 17.1 Å². The molecule has 1 aromatic rings. The van der Waals surface area contributed by atoms with Gasteiger partial charge in [0.05, 0.1) is 13.2 Å². The summed E-state index contributed by atoms with van der Waals surface area (Å²) in [7, 11) is 0. The van der Waals surface area contributed by atoms with E-state index < -0.39 is 41.3 Å². The first-order valence-corrected chi connectivity index (χ1v) is 11.6. The largest absolute Gasteiger partial charge is 0.504 e. The monoisotopic (exact) mass is 479 g/mol. The first kappa shape index (κ1) is 27.6. The molecule has 34 heavy (non-hydrogen) atoms. The minimum Gasteiger partial charge on any atom is -0.504 e. The molecular formula is C25H37NO8. The van der Waals surface area contributed by atoms with Crippen LogP contribution in [0.5, 0.6) is 11.5 Å². The Kier molecular flexibility index (Phi) is 9.49. The Hall–Kier alpha value is -2.62. The molecule has 1 aromatic carbocycles. The molecule has 1 aliphatic carbocycles. The zero-order chi connectivity index (χ0) is 25.5. The van der Waals surface area contributed by atoms with Crippen LogP contribution in [-0.2, 0) is 19.1 Å². The van der Waals surface area contributed by atoms with Gasteiger partial charge in [0, 0.05) is 30.5 Å². The van der Waals surface area contributed by atoms with Gasteiger partial charge in [0.2, 0.25) is 0 Å². The Balaban J connectivity index is 2.14. The highest BCUT2D eigenvalue weighted by Crippen LogP contribution is 2.33. The molecule has 4 N–H and O–H groups in total. The Morgan fingerprint density at radius 1 is 1.24 bits per heavy atom. The third kappa shape index (κ3) is 7.72. The summed E-state index contributed by atoms with van der Waals surface area (Å²) in [5, 5.41) is 35.1. The van der Waals surface area contributed by atoms with Crippen molar-refractivity contribution in [1.29, 1.82) is 0 Å². The van der Waals surface area contributed by atoms with Crippen LogP contribution in [0, 0.1) is 0 Å². The topological polar surface area (TPSA) is 135 Å². The molecule has 2 rings (SSSR count). The number of aromatic hydroxyl groups is 1. The van der Waals surface area contributed by atoms with Gasteiger partial charge >= 0.3 is 11.9 Å². The summed E-state index contributed by atoms with van der Waals surface area (Å²) >= 11 is 0. The Morgan fingerprint density at radius 3 is 2.53 bits per heavy atom. The van der Waals surface area contributed by atoms with Crippen LogP contribution in [0.15, 0.2) is 24.3 Å². The lowest BCUT2D eigenvalue weighted by Gasteiger charge is -2.44. The molecule has 190 valence electrons. The molecule has 1 fully saturated rings. The van der Waals surface area contributed by atoms with Gasteiger partial charge in [-0.05, 0) is 57.9 Å². The Bertz CT molecular complexity index is 878. The first-order chi connectivity index (χ1) is 15.9. The smallest absolute Gasteiger partial charge is 0.338 e. The average Bonchev–Trinajstić information content (AvgIpc) is 2.74. The van der Waals surface area contributed by atoms with E-state index in [0.717, 1.165) is 12.5 Å². The van der Waals surface area contributed by atoms with Crippen LogP contribution in [-0.4, -0.2) is 69.9 Å². The second-order valence-electron chi connectivity index (χ2n) is 9.54. The van der Waals surface area contributed by atoms with Crippen LogP contribution in [0.1, 0.15) is 59.4 Å². The van der Waals surface area contributed by atoms with Crippen LogP contribution in [0.4, 0.5) is 0 Å². The van der Waals surface area contributed by atoms with Gasteiger partial charge in [0.1, 0.15) is 12.2 Å². The maximum absolute atomic E-state index is 12.5. The molecule has 0 aliphatic heterocycles. The predicted octanol–water partition coefficient (Wildman–Crippen LogP) is 2.31. The fraction of sp³-hybridized carbons (Fsp3) is 0.600. The highest BCUT2D eigenvalue weighted by molar-refractivity contribution is 5.87. The summed E-state index contributed by atoms with van der Waals surface area (Å²) in [6.07, 6.45) is 0.738. The van der Waals surface area contributed by atoms with Crippen molar-refractivity contribution in [2.45, 2.75) is 83.3 Å². The number of rotatable bonds is 9. The zero-order valence-electron chi connectivity index (χ0n) is 20.5. The van der Waals surface area contributed by atoms with Crippen molar-refractivity contribution in [3.63, 3.8) is 0 Å². The number of benzene rings is 1. The average molecular weight is 480 g/mol. The lowest BCUT2D eigenvalue weighted by Crippen LogP contribution is -2.63. The second-order valence-corrected chi connectivity index (χ2v) is 9.54. The van der Waals surface area contributed by atoms with Crippen molar-refractivity contribution < 1.29 is 39.1 Å². The number of esters is 2. The zero-order valence-corrected chi connectivity index (χ0v) is 20.5. The molecule has 0 radical (unpaired) electrons. The Labute approximate surface area is 200 Å². The number of carbonyl (C=O) groups excluding carboxylic acids is 2. The molecule has 9 nitrogen and oxygen atoms in total. The summed E-state index contributed by atoms with van der Waals surface area (Å²) in [5.74, 6) is -1.29. The summed E-state index contributed by atoms with van der Waals surface area (Å²) in [6, 6.07) is 4.01. The fourth-order valence-corrected chi connectivity index (χ4v) is 3.84. The molecule has 1 aliphatic rings. The van der Waals surface area contributed by atoms with Gasteiger partial charge in [-0.1, -0.05) is 13.0 Å². The van der Waals surface area contributed by atoms with Gasteiger partial charge in [-0.15, -0.1) is 0 Å². The van der Waals surface area contributed by atoms with Gasteiger partial charge < -0.3 is 34.8 Å². The highest BCUT2D eigenvalue weighted by atomic mass is 16.6. The van der Waals surface area contributed by atoms with Crippen LogP contribution in [0.2, 0.25) is 0 Å². The maximum atomic E-state index is 12.5. The number of aliphatic hydroxyl groups is 2. The fourth-order valence-electron chi connectivity index (χ4n) is 3.84. The summed E-state index contributed by atoms with van der Waals surface area (Å²) in [5.41, 5.74) is -1.80. The molecule has 0 aromatic heterocycles. The molecule has 0 unspecified atom stereocenters.